The van der Waals surface area contributed by atoms with E-state index in [4.69, 9.17) is 9.47 Å². The second-order valence-corrected chi connectivity index (χ2v) is 9.41. The third kappa shape index (κ3) is 2.24. The minimum absolute atomic E-state index is 0.825. The van der Waals surface area contributed by atoms with Crippen LogP contribution in [0, 0.1) is 0 Å². The van der Waals surface area contributed by atoms with Crippen molar-refractivity contribution in [3.63, 3.8) is 0 Å². The van der Waals surface area contributed by atoms with Gasteiger partial charge in [0.1, 0.15) is 11.5 Å². The van der Waals surface area contributed by atoms with Crippen LogP contribution in [0.4, 0.5) is 0 Å². The molecule has 0 bridgehead atoms. The molecule has 2 aliphatic rings. The Morgan fingerprint density at radius 1 is 0.500 bits per heavy atom. The molecule has 0 saturated carbocycles. The van der Waals surface area contributed by atoms with Crippen molar-refractivity contribution in [2.45, 2.75) is 11.2 Å². The molecule has 2 unspecified atom stereocenters. The highest BCUT2D eigenvalue weighted by atomic mass is 79.9. The molecule has 2 nitrogen and oxygen atoms in total. The van der Waals surface area contributed by atoms with Crippen molar-refractivity contribution in [3.8, 4) is 11.5 Å². The molecule has 0 fully saturated rings. The Morgan fingerprint density at radius 3 is 1.30 bits per heavy atom. The predicted molar refractivity (Wildman–Crippen MR) is 124 cm³/mol. The smallest absolute Gasteiger partial charge is 0.211 e. The van der Waals surface area contributed by atoms with Crippen molar-refractivity contribution >= 4 is 31.9 Å². The lowest BCUT2D eigenvalue weighted by molar-refractivity contribution is -0.0144. The van der Waals surface area contributed by atoms with Gasteiger partial charge in [-0.2, -0.15) is 0 Å². The molecule has 0 radical (unpaired) electrons. The molecule has 0 N–H and O–H groups in total. The van der Waals surface area contributed by atoms with E-state index in [9.17, 15) is 0 Å². The van der Waals surface area contributed by atoms with Gasteiger partial charge in [-0.1, -0.05) is 92.5 Å². The SMILES string of the molecule is Brc1ccc2c(c1)OC1(c3ccccc3)c3ccc(Br)cc3OC21c1ccccc1. The molecular weight excluding hydrogens is 504 g/mol. The van der Waals surface area contributed by atoms with Crippen molar-refractivity contribution in [2.24, 2.45) is 0 Å². The summed E-state index contributed by atoms with van der Waals surface area (Å²) in [6.45, 7) is 0. The second kappa shape index (κ2) is 6.47. The van der Waals surface area contributed by atoms with Crippen LogP contribution in [0.3, 0.4) is 0 Å². The maximum Gasteiger partial charge on any atom is 0.211 e. The Bertz CT molecular complexity index is 1170. The van der Waals surface area contributed by atoms with E-state index in [-0.39, 0.29) is 0 Å². The van der Waals surface area contributed by atoms with Crippen molar-refractivity contribution in [1.82, 2.24) is 0 Å². The van der Waals surface area contributed by atoms with Gasteiger partial charge < -0.3 is 9.47 Å². The van der Waals surface area contributed by atoms with Crippen LogP contribution >= 0.6 is 31.9 Å². The van der Waals surface area contributed by atoms with Crippen molar-refractivity contribution in [3.05, 3.63) is 128 Å². The first kappa shape index (κ1) is 18.2. The Morgan fingerprint density at radius 2 is 0.900 bits per heavy atom. The number of ether oxygens (including phenoxy) is 2. The minimum Gasteiger partial charge on any atom is -0.472 e. The monoisotopic (exact) mass is 518 g/mol. The maximum absolute atomic E-state index is 6.94. The lowest BCUT2D eigenvalue weighted by atomic mass is 9.69. The fourth-order valence-corrected chi connectivity index (χ4v) is 5.57. The van der Waals surface area contributed by atoms with Gasteiger partial charge in [0, 0.05) is 31.2 Å². The van der Waals surface area contributed by atoms with E-state index in [0.717, 1.165) is 42.7 Å². The zero-order chi connectivity index (χ0) is 20.3. The Balaban J connectivity index is 1.78. The van der Waals surface area contributed by atoms with Gasteiger partial charge in [-0.05, 0) is 36.4 Å². The van der Waals surface area contributed by atoms with Gasteiger partial charge in [0.05, 0.1) is 0 Å². The van der Waals surface area contributed by atoms with Crippen LogP contribution in [0.1, 0.15) is 22.3 Å². The third-order valence-corrected chi connectivity index (χ3v) is 7.01. The van der Waals surface area contributed by atoms with E-state index in [0.29, 0.717) is 0 Å². The molecule has 0 aliphatic carbocycles. The van der Waals surface area contributed by atoms with Crippen molar-refractivity contribution in [2.75, 3.05) is 0 Å². The molecule has 4 aromatic rings. The molecule has 2 aliphatic heterocycles. The molecule has 4 heteroatoms. The molecule has 2 heterocycles. The topological polar surface area (TPSA) is 18.5 Å². The highest BCUT2D eigenvalue weighted by Crippen LogP contribution is 2.66. The zero-order valence-electron chi connectivity index (χ0n) is 15.8. The molecule has 0 saturated heterocycles. The summed E-state index contributed by atoms with van der Waals surface area (Å²) in [4.78, 5) is 0. The summed E-state index contributed by atoms with van der Waals surface area (Å²) in [5, 5.41) is 0. The van der Waals surface area contributed by atoms with Crippen LogP contribution in [0.15, 0.2) is 106 Å². The number of benzene rings is 4. The first-order valence-corrected chi connectivity index (χ1v) is 11.3. The van der Waals surface area contributed by atoms with Crippen LogP contribution in [0.2, 0.25) is 0 Å². The summed E-state index contributed by atoms with van der Waals surface area (Å²) in [5.74, 6) is 1.65. The summed E-state index contributed by atoms with van der Waals surface area (Å²) in [5.41, 5.74) is 2.48. The number of fused-ring (bicyclic) bond motifs is 5. The average Bonchev–Trinajstić information content (AvgIpc) is 3.21. The van der Waals surface area contributed by atoms with Gasteiger partial charge >= 0.3 is 0 Å². The predicted octanol–water partition coefficient (Wildman–Crippen LogP) is 7.18. The molecule has 0 amide bonds. The fraction of sp³-hybridized carbons (Fsp3) is 0.0769. The molecule has 2 atom stereocenters. The lowest BCUT2D eigenvalue weighted by Crippen LogP contribution is -2.49. The van der Waals surface area contributed by atoms with Gasteiger partial charge in [-0.15, -0.1) is 0 Å². The first-order chi connectivity index (χ1) is 14.6. The van der Waals surface area contributed by atoms with E-state index < -0.39 is 11.2 Å². The highest BCUT2D eigenvalue weighted by Gasteiger charge is 2.70. The largest absolute Gasteiger partial charge is 0.472 e. The van der Waals surface area contributed by atoms with Crippen molar-refractivity contribution in [1.29, 1.82) is 0 Å². The van der Waals surface area contributed by atoms with Crippen LogP contribution in [-0.4, -0.2) is 0 Å². The second-order valence-electron chi connectivity index (χ2n) is 7.58. The molecule has 4 aromatic carbocycles. The summed E-state index contributed by atoms with van der Waals surface area (Å²) in [6.07, 6.45) is 0. The van der Waals surface area contributed by atoms with E-state index in [1.807, 2.05) is 24.3 Å². The van der Waals surface area contributed by atoms with E-state index in [1.165, 1.54) is 0 Å². The summed E-state index contributed by atoms with van der Waals surface area (Å²) < 4.78 is 15.8. The van der Waals surface area contributed by atoms with E-state index >= 15 is 0 Å². The van der Waals surface area contributed by atoms with Crippen LogP contribution in [-0.2, 0) is 11.2 Å². The standard InChI is InChI=1S/C26H16Br2O2/c27-19-11-13-21-23(15-19)30-26(18-9-5-2-6-10-18)22-14-12-20(28)16-24(22)29-25(21,26)17-7-3-1-4-8-17/h1-16H. The zero-order valence-corrected chi connectivity index (χ0v) is 19.0. The number of hydrogen-bond donors (Lipinski definition) is 0. The number of hydrogen-bond acceptors (Lipinski definition) is 2. The summed E-state index contributed by atoms with van der Waals surface area (Å²) in [7, 11) is 0. The highest BCUT2D eigenvalue weighted by molar-refractivity contribution is 9.10. The van der Waals surface area contributed by atoms with E-state index in [2.05, 4.69) is 105 Å². The number of halogens is 2. The Labute approximate surface area is 191 Å². The van der Waals surface area contributed by atoms with Crippen LogP contribution in [0.25, 0.3) is 0 Å². The van der Waals surface area contributed by atoms with Gasteiger partial charge in [-0.3, -0.25) is 0 Å². The Hall–Kier alpha value is -2.56. The van der Waals surface area contributed by atoms with Gasteiger partial charge in [0.25, 0.3) is 0 Å². The molecule has 146 valence electrons. The Kier molecular flexibility index (Phi) is 3.93. The quantitative estimate of drug-likeness (QED) is 0.279. The lowest BCUT2D eigenvalue weighted by Gasteiger charge is -2.38. The van der Waals surface area contributed by atoms with E-state index in [1.54, 1.807) is 0 Å². The van der Waals surface area contributed by atoms with Gasteiger partial charge in [0.15, 0.2) is 0 Å². The van der Waals surface area contributed by atoms with Crippen molar-refractivity contribution < 1.29 is 9.47 Å². The third-order valence-electron chi connectivity index (χ3n) is 6.03. The average molecular weight is 520 g/mol. The van der Waals surface area contributed by atoms with Crippen LogP contribution in [0.5, 0.6) is 11.5 Å². The maximum atomic E-state index is 6.94. The minimum atomic E-state index is -0.839. The molecule has 0 spiro atoms. The summed E-state index contributed by atoms with van der Waals surface area (Å²) >= 11 is 7.21. The molecule has 0 aromatic heterocycles. The van der Waals surface area contributed by atoms with Gasteiger partial charge in [0.2, 0.25) is 11.2 Å². The fourth-order valence-electron chi connectivity index (χ4n) is 4.89. The first-order valence-electron chi connectivity index (χ1n) is 9.74. The molecule has 30 heavy (non-hydrogen) atoms. The molecular formula is C26H16Br2O2. The summed E-state index contributed by atoms with van der Waals surface area (Å²) in [6, 6.07) is 33.2. The molecule has 6 rings (SSSR count). The van der Waals surface area contributed by atoms with Gasteiger partial charge in [-0.25, -0.2) is 0 Å². The van der Waals surface area contributed by atoms with Crippen LogP contribution < -0.4 is 9.47 Å². The number of rotatable bonds is 2. The normalized spacial score (nSPS) is 23.1.